The number of carbonyl (C=O) groups is 1. The molecule has 1 aliphatic heterocycles. The lowest BCUT2D eigenvalue weighted by molar-refractivity contribution is -0.121. The van der Waals surface area contributed by atoms with E-state index in [0.717, 1.165) is 0 Å². The van der Waals surface area contributed by atoms with Crippen LogP contribution >= 0.6 is 23.2 Å². The monoisotopic (exact) mass is 331 g/mol. The van der Waals surface area contributed by atoms with Crippen molar-refractivity contribution >= 4 is 40.5 Å². The van der Waals surface area contributed by atoms with Gasteiger partial charge in [0, 0.05) is 18.1 Å². The summed E-state index contributed by atoms with van der Waals surface area (Å²) in [5, 5.41) is 13.0. The molecule has 0 spiro atoms. The number of aliphatic hydroxyl groups is 1. The molecule has 1 fully saturated rings. The fourth-order valence-corrected chi connectivity index (χ4v) is 2.95. The third kappa shape index (κ3) is 4.01. The number of hydrogen-bond acceptors (Lipinski definition) is 4. The maximum atomic E-state index is 12.3. The fraction of sp³-hybridized carbons (Fsp3) is 0.500. The van der Waals surface area contributed by atoms with Crippen molar-refractivity contribution in [3.05, 3.63) is 22.2 Å². The quantitative estimate of drug-likeness (QED) is 0.743. The highest BCUT2D eigenvalue weighted by Crippen LogP contribution is 2.32. The smallest absolute Gasteiger partial charge is 0.241 e. The number of nitrogen functional groups attached to an aromatic ring is 1. The number of rotatable bonds is 3. The zero-order valence-corrected chi connectivity index (χ0v) is 13.3. The number of likely N-dealkylation sites (tertiary alicyclic amines) is 1. The van der Waals surface area contributed by atoms with Gasteiger partial charge in [0.15, 0.2) is 0 Å². The first-order chi connectivity index (χ1) is 9.88. The van der Waals surface area contributed by atoms with Gasteiger partial charge in [0.1, 0.15) is 0 Å². The second kappa shape index (κ2) is 6.83. The van der Waals surface area contributed by atoms with Crippen molar-refractivity contribution in [3.63, 3.8) is 0 Å². The normalized spacial score (nSPS) is 18.5. The maximum Gasteiger partial charge on any atom is 0.241 e. The van der Waals surface area contributed by atoms with Crippen LogP contribution in [0.1, 0.15) is 19.8 Å². The van der Waals surface area contributed by atoms with E-state index in [9.17, 15) is 9.90 Å². The fourth-order valence-electron chi connectivity index (χ4n) is 2.39. The molecule has 1 saturated heterocycles. The van der Waals surface area contributed by atoms with E-state index >= 15 is 0 Å². The van der Waals surface area contributed by atoms with Crippen molar-refractivity contribution in [2.24, 2.45) is 0 Å². The van der Waals surface area contributed by atoms with Gasteiger partial charge in [-0.2, -0.15) is 0 Å². The molecular formula is C14H19Cl2N3O2. The number of aliphatic hydroxyl groups excluding tert-OH is 1. The number of nitrogens with two attached hydrogens (primary N) is 1. The van der Waals surface area contributed by atoms with Gasteiger partial charge in [-0.3, -0.25) is 9.69 Å². The van der Waals surface area contributed by atoms with E-state index < -0.39 is 0 Å². The van der Waals surface area contributed by atoms with Crippen LogP contribution in [0, 0.1) is 0 Å². The molecule has 0 bridgehead atoms. The van der Waals surface area contributed by atoms with Crippen LogP contribution in [0.3, 0.4) is 0 Å². The molecule has 116 valence electrons. The molecule has 1 amide bonds. The summed E-state index contributed by atoms with van der Waals surface area (Å²) in [6.45, 7) is 3.21. The number of benzene rings is 1. The number of nitrogens with zero attached hydrogens (tertiary/aromatic N) is 1. The number of anilines is 2. The molecule has 0 aromatic heterocycles. The van der Waals surface area contributed by atoms with Crippen LogP contribution in [-0.2, 0) is 4.79 Å². The van der Waals surface area contributed by atoms with Gasteiger partial charge in [0.25, 0.3) is 0 Å². The third-order valence-electron chi connectivity index (χ3n) is 3.76. The minimum absolute atomic E-state index is 0.178. The number of piperidine rings is 1. The lowest BCUT2D eigenvalue weighted by atomic mass is 10.1. The van der Waals surface area contributed by atoms with E-state index in [1.165, 1.54) is 6.07 Å². The average molecular weight is 332 g/mol. The summed E-state index contributed by atoms with van der Waals surface area (Å²) >= 11 is 11.9. The van der Waals surface area contributed by atoms with Crippen LogP contribution in [0.25, 0.3) is 0 Å². The lowest BCUT2D eigenvalue weighted by Crippen LogP contribution is -2.47. The largest absolute Gasteiger partial charge is 0.397 e. The van der Waals surface area contributed by atoms with E-state index in [1.807, 2.05) is 11.8 Å². The molecule has 4 N–H and O–H groups in total. The Balaban J connectivity index is 2.04. The predicted octanol–water partition coefficient (Wildman–Crippen LogP) is 2.36. The van der Waals surface area contributed by atoms with Gasteiger partial charge in [-0.05, 0) is 31.9 Å². The summed E-state index contributed by atoms with van der Waals surface area (Å²) in [6, 6.07) is 2.77. The van der Waals surface area contributed by atoms with Crippen molar-refractivity contribution in [2.45, 2.75) is 31.9 Å². The van der Waals surface area contributed by atoms with E-state index in [-0.39, 0.29) is 18.1 Å². The number of hydrogen-bond donors (Lipinski definition) is 3. The van der Waals surface area contributed by atoms with Crippen LogP contribution in [0.2, 0.25) is 10.0 Å². The van der Waals surface area contributed by atoms with Crippen LogP contribution in [0.4, 0.5) is 11.4 Å². The zero-order valence-electron chi connectivity index (χ0n) is 11.8. The van der Waals surface area contributed by atoms with Gasteiger partial charge in [-0.1, -0.05) is 23.2 Å². The first-order valence-electron chi connectivity index (χ1n) is 6.86. The summed E-state index contributed by atoms with van der Waals surface area (Å²) in [4.78, 5) is 14.3. The topological polar surface area (TPSA) is 78.6 Å². The summed E-state index contributed by atoms with van der Waals surface area (Å²) in [6.07, 6.45) is 1.10. The Hall–Kier alpha value is -1.01. The number of halogens is 2. The van der Waals surface area contributed by atoms with Crippen LogP contribution in [0.15, 0.2) is 12.1 Å². The highest BCUT2D eigenvalue weighted by Gasteiger charge is 2.26. The molecular weight excluding hydrogens is 313 g/mol. The molecule has 21 heavy (non-hydrogen) atoms. The van der Waals surface area contributed by atoms with E-state index in [1.54, 1.807) is 6.07 Å². The van der Waals surface area contributed by atoms with Gasteiger partial charge in [0.05, 0.1) is 28.5 Å². The van der Waals surface area contributed by atoms with E-state index in [4.69, 9.17) is 28.9 Å². The van der Waals surface area contributed by atoms with Crippen molar-refractivity contribution in [3.8, 4) is 0 Å². The second-order valence-electron chi connectivity index (χ2n) is 5.28. The minimum atomic E-state index is -0.316. The standard InChI is InChI=1S/C14H19Cl2N3O2/c1-8(19-4-2-10(20)3-5-19)14(21)18-13-11(16)6-9(15)7-12(13)17/h6-8,10,20H,2-5,17H2,1H3,(H,18,21). The molecule has 0 saturated carbocycles. The molecule has 5 nitrogen and oxygen atoms in total. The Bertz CT molecular complexity index is 508. The zero-order chi connectivity index (χ0) is 15.6. The molecule has 1 heterocycles. The minimum Gasteiger partial charge on any atom is -0.397 e. The molecule has 1 unspecified atom stereocenters. The lowest BCUT2D eigenvalue weighted by Gasteiger charge is -2.33. The molecule has 0 aliphatic carbocycles. The van der Waals surface area contributed by atoms with Gasteiger partial charge in [-0.15, -0.1) is 0 Å². The first kappa shape index (κ1) is 16.4. The van der Waals surface area contributed by atoms with Gasteiger partial charge in [-0.25, -0.2) is 0 Å². The number of carbonyl (C=O) groups excluding carboxylic acids is 1. The highest BCUT2D eigenvalue weighted by molar-refractivity contribution is 6.37. The number of amides is 1. The van der Waals surface area contributed by atoms with Gasteiger partial charge < -0.3 is 16.2 Å². The van der Waals surface area contributed by atoms with Crippen molar-refractivity contribution < 1.29 is 9.90 Å². The van der Waals surface area contributed by atoms with Crippen molar-refractivity contribution in [2.75, 3.05) is 24.1 Å². The van der Waals surface area contributed by atoms with E-state index in [2.05, 4.69) is 5.32 Å². The summed E-state index contributed by atoms with van der Waals surface area (Å²) in [5.41, 5.74) is 6.56. The first-order valence-corrected chi connectivity index (χ1v) is 7.61. The number of nitrogens with one attached hydrogen (secondary N) is 1. The van der Waals surface area contributed by atoms with E-state index in [0.29, 0.717) is 47.4 Å². The Labute approximate surface area is 134 Å². The molecule has 0 radical (unpaired) electrons. The van der Waals surface area contributed by atoms with Gasteiger partial charge in [0.2, 0.25) is 5.91 Å². The third-order valence-corrected chi connectivity index (χ3v) is 4.28. The Morgan fingerprint density at radius 1 is 1.43 bits per heavy atom. The van der Waals surface area contributed by atoms with Crippen molar-refractivity contribution in [1.82, 2.24) is 4.90 Å². The molecule has 1 aromatic carbocycles. The molecule has 2 rings (SSSR count). The van der Waals surface area contributed by atoms with Gasteiger partial charge >= 0.3 is 0 Å². The van der Waals surface area contributed by atoms with Crippen LogP contribution < -0.4 is 11.1 Å². The summed E-state index contributed by atoms with van der Waals surface area (Å²) in [7, 11) is 0. The highest BCUT2D eigenvalue weighted by atomic mass is 35.5. The van der Waals surface area contributed by atoms with Crippen molar-refractivity contribution in [1.29, 1.82) is 0 Å². The van der Waals surface area contributed by atoms with Crippen LogP contribution in [-0.4, -0.2) is 41.1 Å². The average Bonchev–Trinajstić information content (AvgIpc) is 2.42. The molecule has 1 aliphatic rings. The summed E-state index contributed by atoms with van der Waals surface area (Å²) in [5.74, 6) is -0.178. The van der Waals surface area contributed by atoms with Crippen LogP contribution in [0.5, 0.6) is 0 Å². The SMILES string of the molecule is CC(C(=O)Nc1c(N)cc(Cl)cc1Cl)N1CCC(O)CC1. The Kier molecular flexibility index (Phi) is 5.32. The second-order valence-corrected chi connectivity index (χ2v) is 6.13. The summed E-state index contributed by atoms with van der Waals surface area (Å²) < 4.78 is 0. The molecule has 1 atom stereocenters. The molecule has 1 aromatic rings. The Morgan fingerprint density at radius 3 is 2.62 bits per heavy atom. The predicted molar refractivity (Wildman–Crippen MR) is 85.8 cm³/mol. The maximum absolute atomic E-state index is 12.3. The Morgan fingerprint density at radius 2 is 2.05 bits per heavy atom. The molecule has 7 heteroatoms.